The summed E-state index contributed by atoms with van der Waals surface area (Å²) in [6.07, 6.45) is 22.5. The first kappa shape index (κ1) is 36.9. The van der Waals surface area contributed by atoms with Crippen molar-refractivity contribution in [2.75, 3.05) is 38.5 Å². The number of alkyl carbamates (subject to hydrolysis) is 2. The molecule has 0 aromatic rings. The molecule has 0 aromatic carbocycles. The quantitative estimate of drug-likeness (QED) is 0.0473. The minimum Gasteiger partial charge on any atom is -0.463 e. The SMILES string of the molecule is CCCCCCCCCCCCCCCCCCNC(=O)OC[C@H](COC(=O)CCCS1=CC=NC1)NC(=O)OC. The van der Waals surface area contributed by atoms with Crippen LogP contribution in [0.2, 0.25) is 0 Å². The van der Waals surface area contributed by atoms with E-state index in [0.29, 0.717) is 13.0 Å². The topological polar surface area (TPSA) is 115 Å². The van der Waals surface area contributed by atoms with Crippen LogP contribution < -0.4 is 10.6 Å². The van der Waals surface area contributed by atoms with E-state index >= 15 is 0 Å². The highest BCUT2D eigenvalue weighted by molar-refractivity contribution is 8.16. The van der Waals surface area contributed by atoms with Gasteiger partial charge in [-0.1, -0.05) is 103 Å². The average molecular weight is 600 g/mol. The summed E-state index contributed by atoms with van der Waals surface area (Å²) in [4.78, 5) is 39.9. The Morgan fingerprint density at radius 1 is 0.780 bits per heavy atom. The van der Waals surface area contributed by atoms with Crippen molar-refractivity contribution in [1.82, 2.24) is 10.6 Å². The molecular weight excluding hydrogens is 542 g/mol. The number of amides is 2. The lowest BCUT2D eigenvalue weighted by molar-refractivity contribution is -0.144. The van der Waals surface area contributed by atoms with Crippen molar-refractivity contribution in [2.45, 2.75) is 129 Å². The Morgan fingerprint density at radius 3 is 1.88 bits per heavy atom. The smallest absolute Gasteiger partial charge is 0.407 e. The Balaban J connectivity index is 2.00. The molecule has 2 amide bonds. The predicted molar refractivity (Wildman–Crippen MR) is 170 cm³/mol. The lowest BCUT2D eigenvalue weighted by atomic mass is 10.0. The number of unbranched alkanes of at least 4 members (excludes halogenated alkanes) is 15. The summed E-state index contributed by atoms with van der Waals surface area (Å²) in [6, 6.07) is -0.689. The van der Waals surface area contributed by atoms with Gasteiger partial charge in [0.15, 0.2) is 0 Å². The van der Waals surface area contributed by atoms with Crippen molar-refractivity contribution >= 4 is 40.2 Å². The van der Waals surface area contributed by atoms with E-state index in [4.69, 9.17) is 9.47 Å². The highest BCUT2D eigenvalue weighted by Crippen LogP contribution is 2.17. The molecule has 1 heterocycles. The molecule has 2 atom stereocenters. The molecule has 1 unspecified atom stereocenters. The zero-order valence-electron chi connectivity index (χ0n) is 25.8. The van der Waals surface area contributed by atoms with Crippen molar-refractivity contribution in [3.05, 3.63) is 0 Å². The van der Waals surface area contributed by atoms with E-state index in [0.717, 1.165) is 30.9 Å². The van der Waals surface area contributed by atoms with Crippen molar-refractivity contribution < 1.29 is 28.6 Å². The van der Waals surface area contributed by atoms with Gasteiger partial charge in [0.25, 0.3) is 0 Å². The second kappa shape index (κ2) is 26.8. The lowest BCUT2D eigenvalue weighted by Crippen LogP contribution is -2.43. The van der Waals surface area contributed by atoms with Gasteiger partial charge in [-0.2, -0.15) is 10.5 Å². The van der Waals surface area contributed by atoms with Gasteiger partial charge in [-0.3, -0.25) is 9.79 Å². The maximum absolute atomic E-state index is 12.1. The molecule has 9 nitrogen and oxygen atoms in total. The van der Waals surface area contributed by atoms with Crippen LogP contribution in [0.1, 0.15) is 122 Å². The Labute approximate surface area is 251 Å². The molecule has 0 spiro atoms. The second-order valence-electron chi connectivity index (χ2n) is 10.8. The number of nitrogens with zero attached hydrogens (tertiary/aromatic N) is 1. The summed E-state index contributed by atoms with van der Waals surface area (Å²) in [5.41, 5.74) is 0. The summed E-state index contributed by atoms with van der Waals surface area (Å²) >= 11 is 0. The van der Waals surface area contributed by atoms with Gasteiger partial charge in [0.05, 0.1) is 13.0 Å². The van der Waals surface area contributed by atoms with Crippen LogP contribution in [-0.2, 0) is 19.0 Å². The van der Waals surface area contributed by atoms with E-state index in [2.05, 4.69) is 32.7 Å². The van der Waals surface area contributed by atoms with Crippen LogP contribution in [0.15, 0.2) is 4.99 Å². The monoisotopic (exact) mass is 599 g/mol. The lowest BCUT2D eigenvalue weighted by Gasteiger charge is -2.18. The van der Waals surface area contributed by atoms with Crippen LogP contribution in [0.5, 0.6) is 0 Å². The fraction of sp³-hybridized carbons (Fsp3) is 0.839. The third-order valence-corrected chi connectivity index (χ3v) is 8.86. The van der Waals surface area contributed by atoms with Gasteiger partial charge in [-0.25, -0.2) is 9.59 Å². The maximum Gasteiger partial charge on any atom is 0.407 e. The first-order valence-electron chi connectivity index (χ1n) is 16.0. The van der Waals surface area contributed by atoms with Crippen LogP contribution in [0.25, 0.3) is 0 Å². The normalized spacial score (nSPS) is 14.7. The predicted octanol–water partition coefficient (Wildman–Crippen LogP) is 7.14. The van der Waals surface area contributed by atoms with Gasteiger partial charge < -0.3 is 24.8 Å². The fourth-order valence-electron chi connectivity index (χ4n) is 4.56. The van der Waals surface area contributed by atoms with Crippen molar-refractivity contribution in [3.63, 3.8) is 0 Å². The Bertz CT molecular complexity index is 762. The molecule has 1 aliphatic rings. The molecule has 1 rings (SSSR count). The van der Waals surface area contributed by atoms with Gasteiger partial charge in [-0.05, 0) is 24.0 Å². The van der Waals surface area contributed by atoms with Gasteiger partial charge in [0.1, 0.15) is 19.3 Å². The molecule has 10 heteroatoms. The number of aliphatic imine (C=N–C) groups is 1. The second-order valence-corrected chi connectivity index (χ2v) is 12.8. The van der Waals surface area contributed by atoms with E-state index in [1.54, 1.807) is 0 Å². The molecule has 0 fully saturated rings. The molecule has 0 aliphatic carbocycles. The molecule has 0 saturated carbocycles. The Kier molecular flexibility index (Phi) is 24.1. The third kappa shape index (κ3) is 23.2. The summed E-state index contributed by atoms with van der Waals surface area (Å²) in [5.74, 6) is 1.36. The zero-order valence-corrected chi connectivity index (χ0v) is 26.6. The van der Waals surface area contributed by atoms with Crippen LogP contribution >= 0.6 is 10.5 Å². The van der Waals surface area contributed by atoms with E-state index in [1.807, 2.05) is 6.21 Å². The highest BCUT2D eigenvalue weighted by Gasteiger charge is 2.18. The molecular formula is C31H57N3O6S. The summed E-state index contributed by atoms with van der Waals surface area (Å²) in [5, 5.41) is 7.36. The number of esters is 1. The summed E-state index contributed by atoms with van der Waals surface area (Å²) < 4.78 is 15.1. The number of carbonyl (C=O) groups excluding carboxylic acids is 3. The molecule has 0 bridgehead atoms. The summed E-state index contributed by atoms with van der Waals surface area (Å²) in [7, 11) is 1.37. The van der Waals surface area contributed by atoms with Crippen molar-refractivity contribution in [1.29, 1.82) is 0 Å². The number of hydrogen-bond acceptors (Lipinski definition) is 7. The number of rotatable bonds is 26. The number of hydrogen-bond donors (Lipinski definition) is 2. The number of methoxy groups -OCH3 is 1. The molecule has 238 valence electrons. The van der Waals surface area contributed by atoms with E-state index in [-0.39, 0.29) is 29.7 Å². The first-order chi connectivity index (χ1) is 20.0. The highest BCUT2D eigenvalue weighted by atomic mass is 32.2. The number of ether oxygens (including phenoxy) is 3. The van der Waals surface area contributed by atoms with Crippen LogP contribution in [0, 0.1) is 0 Å². The molecule has 0 radical (unpaired) electrons. The largest absolute Gasteiger partial charge is 0.463 e. The number of carbonyl (C=O) groups is 3. The van der Waals surface area contributed by atoms with E-state index < -0.39 is 18.2 Å². The average Bonchev–Trinajstić information content (AvgIpc) is 3.49. The Morgan fingerprint density at radius 2 is 1.34 bits per heavy atom. The summed E-state index contributed by atoms with van der Waals surface area (Å²) in [6.45, 7) is 2.60. The van der Waals surface area contributed by atoms with Crippen molar-refractivity contribution in [3.8, 4) is 0 Å². The van der Waals surface area contributed by atoms with Gasteiger partial charge in [0.2, 0.25) is 0 Å². The molecule has 0 saturated heterocycles. The van der Waals surface area contributed by atoms with Crippen LogP contribution in [0.4, 0.5) is 9.59 Å². The molecule has 41 heavy (non-hydrogen) atoms. The molecule has 1 aliphatic heterocycles. The van der Waals surface area contributed by atoms with Crippen molar-refractivity contribution in [2.24, 2.45) is 4.99 Å². The minimum absolute atomic E-state index is 0.0959. The standard InChI is InChI=1S/C31H57N3O6S/c1-3-4-5-6-7-8-9-10-11-12-13-14-15-16-17-18-21-33-30(36)40-26-28(34-31(37)38-2)25-39-29(35)20-19-23-41-24-22-32-27-41/h22,24,28H,3-21,23,25-27H2,1-2H3,(H,33,36)(H,34,37)/t28-,41?/m0/s1. The fourth-order valence-corrected chi connectivity index (χ4v) is 5.96. The number of nitrogens with one attached hydrogen (secondary N) is 2. The molecule has 2 N–H and O–H groups in total. The van der Waals surface area contributed by atoms with Gasteiger partial charge >= 0.3 is 18.2 Å². The molecule has 0 aromatic heterocycles. The zero-order chi connectivity index (χ0) is 29.8. The minimum atomic E-state index is -0.689. The van der Waals surface area contributed by atoms with E-state index in [1.165, 1.54) is 97.0 Å². The van der Waals surface area contributed by atoms with Crippen LogP contribution in [-0.4, -0.2) is 74.3 Å². The first-order valence-corrected chi connectivity index (χ1v) is 17.6. The maximum atomic E-state index is 12.1. The Hall–Kier alpha value is -2.10. The van der Waals surface area contributed by atoms with Crippen LogP contribution in [0.3, 0.4) is 0 Å². The van der Waals surface area contributed by atoms with E-state index in [9.17, 15) is 14.4 Å². The van der Waals surface area contributed by atoms with Gasteiger partial charge in [-0.15, -0.1) is 0 Å². The third-order valence-electron chi connectivity index (χ3n) is 7.05. The van der Waals surface area contributed by atoms with Gasteiger partial charge in [0, 0.05) is 19.2 Å².